The van der Waals surface area contributed by atoms with E-state index in [1.54, 1.807) is 24.7 Å². The van der Waals surface area contributed by atoms with Gasteiger partial charge in [-0.05, 0) is 25.1 Å². The van der Waals surface area contributed by atoms with Gasteiger partial charge in [-0.3, -0.25) is 4.79 Å². The molecule has 1 amide bonds. The van der Waals surface area contributed by atoms with Crippen molar-refractivity contribution < 1.29 is 18.0 Å². The Kier molecular flexibility index (Phi) is 4.57. The van der Waals surface area contributed by atoms with E-state index in [1.807, 2.05) is 6.92 Å². The van der Waals surface area contributed by atoms with Crippen LogP contribution in [0, 0.1) is 5.82 Å². The molecule has 1 aliphatic heterocycles. The van der Waals surface area contributed by atoms with Crippen molar-refractivity contribution in [1.82, 2.24) is 29.5 Å². The van der Waals surface area contributed by atoms with E-state index >= 15 is 0 Å². The number of H-pyrrole nitrogens is 1. The second kappa shape index (κ2) is 7.29. The summed E-state index contributed by atoms with van der Waals surface area (Å²) in [5, 5.41) is 4.49. The Bertz CT molecular complexity index is 1270. The summed E-state index contributed by atoms with van der Waals surface area (Å²) in [6, 6.07) is 3.82. The summed E-state index contributed by atoms with van der Waals surface area (Å²) in [6.45, 7) is 3.47. The van der Waals surface area contributed by atoms with Gasteiger partial charge < -0.3 is 14.3 Å². The molecule has 0 radical (unpaired) electrons. The summed E-state index contributed by atoms with van der Waals surface area (Å²) in [7, 11) is 0. The van der Waals surface area contributed by atoms with Crippen LogP contribution >= 0.6 is 0 Å². The fraction of sp³-hybridized carbons (Fsp3) is 0.333. The summed E-state index contributed by atoms with van der Waals surface area (Å²) in [5.74, 6) is -0.742. The SMILES string of the molecule is CCc1nc(C(C)F)c(C(=O)N2CCc3[nH]cnc3[C@H]2c2cc3c(F)cccn3n2)o1. The highest BCUT2D eigenvalue weighted by Gasteiger charge is 2.39. The molecule has 0 spiro atoms. The number of nitrogens with zero attached hydrogens (tertiary/aromatic N) is 5. The molecule has 1 unspecified atom stereocenters. The minimum Gasteiger partial charge on any atom is -0.435 e. The van der Waals surface area contributed by atoms with E-state index in [-0.39, 0.29) is 11.5 Å². The summed E-state index contributed by atoms with van der Waals surface area (Å²) in [6.07, 6.45) is 2.70. The summed E-state index contributed by atoms with van der Waals surface area (Å²) in [5.41, 5.74) is 2.22. The molecule has 0 aromatic carbocycles. The second-order valence-electron chi connectivity index (χ2n) is 7.46. The van der Waals surface area contributed by atoms with Crippen molar-refractivity contribution in [2.24, 2.45) is 0 Å². The van der Waals surface area contributed by atoms with E-state index in [2.05, 4.69) is 20.1 Å². The van der Waals surface area contributed by atoms with Crippen molar-refractivity contribution in [3.63, 3.8) is 0 Å². The topological polar surface area (TPSA) is 92.3 Å². The first-order valence-corrected chi connectivity index (χ1v) is 10.1. The molecular weight excluding hydrogens is 406 g/mol. The fourth-order valence-electron chi connectivity index (χ4n) is 4.01. The summed E-state index contributed by atoms with van der Waals surface area (Å²) < 4.78 is 35.5. The molecular formula is C21H20F2N6O2. The highest BCUT2D eigenvalue weighted by molar-refractivity contribution is 5.93. The van der Waals surface area contributed by atoms with E-state index in [0.717, 1.165) is 5.69 Å². The first kappa shape index (κ1) is 19.4. The average molecular weight is 426 g/mol. The van der Waals surface area contributed by atoms with Crippen LogP contribution in [-0.4, -0.2) is 41.9 Å². The van der Waals surface area contributed by atoms with Gasteiger partial charge in [0, 0.05) is 31.3 Å². The molecule has 1 N–H and O–H groups in total. The molecule has 1 aliphatic rings. The number of aryl methyl sites for hydroxylation is 1. The van der Waals surface area contributed by atoms with Gasteiger partial charge in [0.2, 0.25) is 5.76 Å². The largest absolute Gasteiger partial charge is 0.435 e. The number of aromatic amines is 1. The molecule has 0 saturated heterocycles. The Morgan fingerprint density at radius 2 is 2.29 bits per heavy atom. The molecule has 5 heterocycles. The van der Waals surface area contributed by atoms with Crippen molar-refractivity contribution >= 4 is 11.4 Å². The Hall–Kier alpha value is -3.56. The zero-order valence-electron chi connectivity index (χ0n) is 17.0. The van der Waals surface area contributed by atoms with Gasteiger partial charge in [0.05, 0.1) is 17.7 Å². The number of amides is 1. The third-order valence-corrected chi connectivity index (χ3v) is 5.51. The van der Waals surface area contributed by atoms with Crippen molar-refractivity contribution in [3.05, 3.63) is 71.0 Å². The highest BCUT2D eigenvalue weighted by atomic mass is 19.1. The van der Waals surface area contributed by atoms with Crippen molar-refractivity contribution in [3.8, 4) is 0 Å². The minimum atomic E-state index is -1.46. The maximum Gasteiger partial charge on any atom is 0.292 e. The zero-order chi connectivity index (χ0) is 21.7. The molecule has 160 valence electrons. The lowest BCUT2D eigenvalue weighted by Crippen LogP contribution is -2.41. The van der Waals surface area contributed by atoms with Crippen molar-refractivity contribution in [2.75, 3.05) is 6.54 Å². The number of oxazole rings is 1. The van der Waals surface area contributed by atoms with Gasteiger partial charge in [-0.2, -0.15) is 5.10 Å². The van der Waals surface area contributed by atoms with Gasteiger partial charge in [-0.1, -0.05) is 6.92 Å². The summed E-state index contributed by atoms with van der Waals surface area (Å²) >= 11 is 0. The van der Waals surface area contributed by atoms with E-state index in [0.29, 0.717) is 42.2 Å². The molecule has 0 bridgehead atoms. The summed E-state index contributed by atoms with van der Waals surface area (Å²) in [4.78, 5) is 26.7. The van der Waals surface area contributed by atoms with Gasteiger partial charge in [0.25, 0.3) is 5.91 Å². The maximum atomic E-state index is 14.3. The van der Waals surface area contributed by atoms with Gasteiger partial charge in [0.1, 0.15) is 29.2 Å². The zero-order valence-corrected chi connectivity index (χ0v) is 17.0. The Labute approximate surface area is 175 Å². The molecule has 0 saturated carbocycles. The van der Waals surface area contributed by atoms with E-state index in [4.69, 9.17) is 4.42 Å². The maximum absolute atomic E-state index is 14.3. The van der Waals surface area contributed by atoms with Crippen LogP contribution in [0.1, 0.15) is 65.3 Å². The van der Waals surface area contributed by atoms with Crippen LogP contribution in [0.15, 0.2) is 35.1 Å². The van der Waals surface area contributed by atoms with Crippen molar-refractivity contribution in [1.29, 1.82) is 0 Å². The molecule has 4 aromatic rings. The highest BCUT2D eigenvalue weighted by Crippen LogP contribution is 2.35. The lowest BCUT2D eigenvalue weighted by Gasteiger charge is -2.33. The molecule has 4 aromatic heterocycles. The number of rotatable bonds is 4. The Morgan fingerprint density at radius 3 is 3.03 bits per heavy atom. The van der Waals surface area contributed by atoms with Crippen LogP contribution in [0.3, 0.4) is 0 Å². The molecule has 8 nitrogen and oxygen atoms in total. The number of hydrogen-bond donors (Lipinski definition) is 1. The van der Waals surface area contributed by atoms with Gasteiger partial charge >= 0.3 is 0 Å². The number of imidazole rings is 1. The van der Waals surface area contributed by atoms with Crippen LogP contribution in [0.5, 0.6) is 0 Å². The fourth-order valence-corrected chi connectivity index (χ4v) is 4.01. The van der Waals surface area contributed by atoms with Crippen LogP contribution < -0.4 is 0 Å². The standard InChI is InChI=1S/C21H20F2N6O2/c1-3-16-26-17(11(2)22)20(31-16)21(30)28-8-6-13-18(25-10-24-13)19(28)14-9-15-12(23)5-4-7-29(15)27-14/h4-5,7,9-11,19H,3,6,8H2,1-2H3,(H,24,25)/t11?,19-/m1/s1. The number of carbonyl (C=O) groups excluding carboxylic acids is 1. The predicted octanol–water partition coefficient (Wildman–Crippen LogP) is 3.57. The van der Waals surface area contributed by atoms with Crippen molar-refractivity contribution in [2.45, 2.75) is 38.9 Å². The smallest absolute Gasteiger partial charge is 0.292 e. The number of halogens is 2. The third-order valence-electron chi connectivity index (χ3n) is 5.51. The van der Waals surface area contributed by atoms with Crippen LogP contribution in [0.25, 0.3) is 5.52 Å². The minimum absolute atomic E-state index is 0.0190. The number of carbonyl (C=O) groups is 1. The Balaban J connectivity index is 1.63. The first-order valence-electron chi connectivity index (χ1n) is 10.1. The Morgan fingerprint density at radius 1 is 1.45 bits per heavy atom. The molecule has 10 heteroatoms. The third kappa shape index (κ3) is 3.09. The molecule has 2 atom stereocenters. The average Bonchev–Trinajstić information content (AvgIpc) is 3.49. The lowest BCUT2D eigenvalue weighted by molar-refractivity contribution is 0.0648. The second-order valence-corrected chi connectivity index (χ2v) is 7.46. The van der Waals surface area contributed by atoms with E-state index in [1.165, 1.54) is 22.4 Å². The van der Waals surface area contributed by atoms with E-state index < -0.39 is 23.9 Å². The predicted molar refractivity (Wildman–Crippen MR) is 106 cm³/mol. The van der Waals surface area contributed by atoms with Crippen LogP contribution in [0.2, 0.25) is 0 Å². The first-order chi connectivity index (χ1) is 15.0. The molecule has 31 heavy (non-hydrogen) atoms. The number of aromatic nitrogens is 5. The van der Waals surface area contributed by atoms with Gasteiger partial charge in [-0.15, -0.1) is 0 Å². The number of nitrogens with one attached hydrogen (secondary N) is 1. The van der Waals surface area contributed by atoms with Crippen LogP contribution in [0.4, 0.5) is 8.78 Å². The normalized spacial score (nSPS) is 17.2. The quantitative estimate of drug-likeness (QED) is 0.539. The number of fused-ring (bicyclic) bond motifs is 2. The molecule has 0 fully saturated rings. The molecule has 5 rings (SSSR count). The van der Waals surface area contributed by atoms with Gasteiger partial charge in [-0.25, -0.2) is 23.3 Å². The molecule has 0 aliphatic carbocycles. The number of pyridine rings is 1. The van der Waals surface area contributed by atoms with E-state index in [9.17, 15) is 13.6 Å². The monoisotopic (exact) mass is 426 g/mol. The van der Waals surface area contributed by atoms with Crippen LogP contribution in [-0.2, 0) is 12.8 Å². The number of alkyl halides is 1. The number of hydrogen-bond acceptors (Lipinski definition) is 5. The van der Waals surface area contributed by atoms with Gasteiger partial charge in [0.15, 0.2) is 5.89 Å². The lowest BCUT2D eigenvalue weighted by atomic mass is 9.99.